The zero-order valence-electron chi connectivity index (χ0n) is 14.9. The molecule has 21 heavy (non-hydrogen) atoms. The van der Waals surface area contributed by atoms with E-state index in [9.17, 15) is 0 Å². The van der Waals surface area contributed by atoms with E-state index in [1.807, 2.05) is 12.1 Å². The van der Waals surface area contributed by atoms with Crippen molar-refractivity contribution in [2.24, 2.45) is 0 Å². The van der Waals surface area contributed by atoms with Gasteiger partial charge in [0.1, 0.15) is 5.75 Å². The second-order valence-electron chi connectivity index (χ2n) is 7.44. The molecule has 0 heterocycles. The van der Waals surface area contributed by atoms with Crippen molar-refractivity contribution in [3.05, 3.63) is 29.8 Å². The Hall–Kier alpha value is -1.06. The number of para-hydroxylation sites is 1. The summed E-state index contributed by atoms with van der Waals surface area (Å²) in [5, 5.41) is 3.63. The maximum atomic E-state index is 5.53. The van der Waals surface area contributed by atoms with Crippen LogP contribution in [0.5, 0.6) is 5.75 Å². The number of likely N-dealkylation sites (N-methyl/N-ethyl adjacent to an activating group) is 1. The third-order valence-corrected chi connectivity index (χ3v) is 3.95. The monoisotopic (exact) mass is 292 g/mol. The van der Waals surface area contributed by atoms with Gasteiger partial charge in [-0.15, -0.1) is 0 Å². The Morgan fingerprint density at radius 2 is 1.71 bits per heavy atom. The van der Waals surface area contributed by atoms with E-state index in [1.165, 1.54) is 5.56 Å². The predicted molar refractivity (Wildman–Crippen MR) is 91.0 cm³/mol. The number of ether oxygens (including phenoxy) is 1. The van der Waals surface area contributed by atoms with Gasteiger partial charge in [-0.2, -0.15) is 0 Å². The highest BCUT2D eigenvalue weighted by atomic mass is 16.5. The predicted octanol–water partition coefficient (Wildman–Crippen LogP) is 3.64. The van der Waals surface area contributed by atoms with E-state index < -0.39 is 0 Å². The lowest BCUT2D eigenvalue weighted by atomic mass is 9.91. The molecular weight excluding hydrogens is 260 g/mol. The largest absolute Gasteiger partial charge is 0.496 e. The Bertz CT molecular complexity index is 449. The second-order valence-corrected chi connectivity index (χ2v) is 7.44. The second kappa shape index (κ2) is 6.80. The van der Waals surface area contributed by atoms with Crippen molar-refractivity contribution < 1.29 is 4.74 Å². The maximum Gasteiger partial charge on any atom is 0.123 e. The van der Waals surface area contributed by atoms with E-state index in [2.05, 4.69) is 70.9 Å². The Labute approximate surface area is 130 Å². The summed E-state index contributed by atoms with van der Waals surface area (Å²) >= 11 is 0. The van der Waals surface area contributed by atoms with Crippen LogP contribution in [0.15, 0.2) is 24.3 Å². The quantitative estimate of drug-likeness (QED) is 0.866. The molecule has 0 spiro atoms. The fraction of sp³-hybridized carbons (Fsp3) is 0.667. The fourth-order valence-electron chi connectivity index (χ4n) is 2.78. The standard InChI is InChI=1S/C18H32N2O/c1-14(19-17(2,3)4)13-20(7)18(5,6)15-11-9-10-12-16(15)21-8/h9-12,14,19H,13H2,1-8H3/t14-/m0/s1. The maximum absolute atomic E-state index is 5.53. The van der Waals surface area contributed by atoms with Gasteiger partial charge in [0, 0.05) is 29.2 Å². The van der Waals surface area contributed by atoms with Crippen LogP contribution < -0.4 is 10.1 Å². The van der Waals surface area contributed by atoms with E-state index in [0.29, 0.717) is 6.04 Å². The zero-order chi connectivity index (χ0) is 16.3. The summed E-state index contributed by atoms with van der Waals surface area (Å²) in [5.74, 6) is 0.950. The Morgan fingerprint density at radius 3 is 2.24 bits per heavy atom. The first-order valence-corrected chi connectivity index (χ1v) is 7.70. The summed E-state index contributed by atoms with van der Waals surface area (Å²) in [6.45, 7) is 14.3. The highest BCUT2D eigenvalue weighted by molar-refractivity contribution is 5.38. The molecule has 0 unspecified atom stereocenters. The molecule has 0 saturated carbocycles. The smallest absolute Gasteiger partial charge is 0.123 e. The van der Waals surface area contributed by atoms with Gasteiger partial charge in [0.15, 0.2) is 0 Å². The first-order chi connectivity index (χ1) is 9.58. The minimum atomic E-state index is -0.0829. The van der Waals surface area contributed by atoms with Crippen LogP contribution in [0, 0.1) is 0 Å². The van der Waals surface area contributed by atoms with E-state index in [4.69, 9.17) is 4.74 Å². The number of nitrogens with zero attached hydrogens (tertiary/aromatic N) is 1. The summed E-state index contributed by atoms with van der Waals surface area (Å²) in [5.41, 5.74) is 1.27. The average Bonchev–Trinajstić information content (AvgIpc) is 2.36. The minimum absolute atomic E-state index is 0.0829. The number of rotatable bonds is 6. The summed E-state index contributed by atoms with van der Waals surface area (Å²) < 4.78 is 5.53. The van der Waals surface area contributed by atoms with E-state index in [0.717, 1.165) is 12.3 Å². The Kier molecular flexibility index (Phi) is 5.83. The summed E-state index contributed by atoms with van der Waals surface area (Å²) in [6.07, 6.45) is 0. The highest BCUT2D eigenvalue weighted by Crippen LogP contribution is 2.33. The molecule has 1 N–H and O–H groups in total. The van der Waals surface area contributed by atoms with Gasteiger partial charge in [-0.05, 0) is 54.7 Å². The van der Waals surface area contributed by atoms with Crippen molar-refractivity contribution in [2.75, 3.05) is 20.7 Å². The molecule has 3 heteroatoms. The molecule has 1 atom stereocenters. The van der Waals surface area contributed by atoms with Gasteiger partial charge in [-0.25, -0.2) is 0 Å². The lowest BCUT2D eigenvalue weighted by Crippen LogP contribution is -2.50. The van der Waals surface area contributed by atoms with E-state index in [1.54, 1.807) is 7.11 Å². The molecule has 0 fully saturated rings. The lowest BCUT2D eigenvalue weighted by molar-refractivity contribution is 0.133. The van der Waals surface area contributed by atoms with Gasteiger partial charge in [-0.1, -0.05) is 18.2 Å². The first kappa shape index (κ1) is 18.0. The lowest BCUT2D eigenvalue weighted by Gasteiger charge is -2.39. The molecular formula is C18H32N2O. The van der Waals surface area contributed by atoms with Gasteiger partial charge in [0.25, 0.3) is 0 Å². The topological polar surface area (TPSA) is 24.5 Å². The van der Waals surface area contributed by atoms with Crippen molar-refractivity contribution >= 4 is 0 Å². The Balaban J connectivity index is 2.86. The molecule has 1 aromatic carbocycles. The van der Waals surface area contributed by atoms with Crippen molar-refractivity contribution in [3.8, 4) is 5.75 Å². The molecule has 0 aliphatic rings. The molecule has 1 aromatic rings. The molecule has 0 aliphatic heterocycles. The van der Waals surface area contributed by atoms with Crippen LogP contribution in [0.4, 0.5) is 0 Å². The van der Waals surface area contributed by atoms with Crippen LogP contribution in [0.3, 0.4) is 0 Å². The number of hydrogen-bond acceptors (Lipinski definition) is 3. The molecule has 3 nitrogen and oxygen atoms in total. The van der Waals surface area contributed by atoms with Crippen molar-refractivity contribution in [1.29, 1.82) is 0 Å². The summed E-state index contributed by atoms with van der Waals surface area (Å²) in [4.78, 5) is 2.38. The van der Waals surface area contributed by atoms with Crippen molar-refractivity contribution in [1.82, 2.24) is 10.2 Å². The third-order valence-electron chi connectivity index (χ3n) is 3.95. The van der Waals surface area contributed by atoms with Crippen LogP contribution in [0.1, 0.15) is 47.1 Å². The summed E-state index contributed by atoms with van der Waals surface area (Å²) in [6, 6.07) is 8.69. The van der Waals surface area contributed by atoms with Gasteiger partial charge in [0.05, 0.1) is 7.11 Å². The van der Waals surface area contributed by atoms with Crippen molar-refractivity contribution in [3.63, 3.8) is 0 Å². The normalized spacial score (nSPS) is 14.3. The molecule has 0 amide bonds. The van der Waals surface area contributed by atoms with Gasteiger partial charge in [-0.3, -0.25) is 4.90 Å². The van der Waals surface area contributed by atoms with Crippen LogP contribution >= 0.6 is 0 Å². The number of nitrogens with one attached hydrogen (secondary N) is 1. The fourth-order valence-corrected chi connectivity index (χ4v) is 2.78. The summed E-state index contributed by atoms with van der Waals surface area (Å²) in [7, 11) is 3.91. The molecule has 0 aromatic heterocycles. The van der Waals surface area contributed by atoms with Crippen LogP contribution in [-0.2, 0) is 5.54 Å². The van der Waals surface area contributed by atoms with Crippen LogP contribution in [-0.4, -0.2) is 37.2 Å². The molecule has 0 bridgehead atoms. The van der Waals surface area contributed by atoms with E-state index in [-0.39, 0.29) is 11.1 Å². The number of benzene rings is 1. The van der Waals surface area contributed by atoms with Gasteiger partial charge >= 0.3 is 0 Å². The van der Waals surface area contributed by atoms with Crippen molar-refractivity contribution in [2.45, 2.75) is 58.7 Å². The third kappa shape index (κ3) is 5.01. The molecule has 0 aliphatic carbocycles. The average molecular weight is 292 g/mol. The molecule has 0 saturated heterocycles. The van der Waals surface area contributed by atoms with Gasteiger partial charge in [0.2, 0.25) is 0 Å². The number of hydrogen-bond donors (Lipinski definition) is 1. The molecule has 120 valence electrons. The van der Waals surface area contributed by atoms with Gasteiger partial charge < -0.3 is 10.1 Å². The highest BCUT2D eigenvalue weighted by Gasteiger charge is 2.30. The molecule has 0 radical (unpaired) electrons. The van der Waals surface area contributed by atoms with Crippen LogP contribution in [0.2, 0.25) is 0 Å². The van der Waals surface area contributed by atoms with E-state index >= 15 is 0 Å². The SMILES string of the molecule is COc1ccccc1C(C)(C)N(C)C[C@H](C)NC(C)(C)C. The number of methoxy groups -OCH3 is 1. The minimum Gasteiger partial charge on any atom is -0.496 e. The zero-order valence-corrected chi connectivity index (χ0v) is 14.9. The Morgan fingerprint density at radius 1 is 1.14 bits per heavy atom. The first-order valence-electron chi connectivity index (χ1n) is 7.70. The van der Waals surface area contributed by atoms with Crippen LogP contribution in [0.25, 0.3) is 0 Å². The molecule has 1 rings (SSSR count).